The van der Waals surface area contributed by atoms with E-state index in [0.29, 0.717) is 0 Å². The molecule has 5 heavy (non-hydrogen) atoms. The Labute approximate surface area is 36.9 Å². The van der Waals surface area contributed by atoms with Gasteiger partial charge in [0, 0.05) is 0 Å². The van der Waals surface area contributed by atoms with E-state index in [0.717, 1.165) is 5.37 Å². The van der Waals surface area contributed by atoms with Gasteiger partial charge in [0.2, 0.25) is 0 Å². The molecular formula is C3H8NS. The fraction of sp³-hybridized carbons (Fsp3) is 0.667. The Morgan fingerprint density at radius 1 is 1.80 bits per heavy atom. The molecule has 0 aromatic rings. The molecule has 0 aliphatic carbocycles. The average molecular weight is 90.2 g/mol. The van der Waals surface area contributed by atoms with Gasteiger partial charge in [0.1, 0.15) is 0 Å². The second kappa shape index (κ2) is 2.54. The maximum atomic E-state index is 5.17. The maximum absolute atomic E-state index is 5.17. The summed E-state index contributed by atoms with van der Waals surface area (Å²) in [7, 11) is 0. The molecule has 0 unspecified atom stereocenters. The summed E-state index contributed by atoms with van der Waals surface area (Å²) in [5, 5.41) is 0.921. The van der Waals surface area contributed by atoms with E-state index in [9.17, 15) is 0 Å². The van der Waals surface area contributed by atoms with Gasteiger partial charge in [0.15, 0.2) is 0 Å². The van der Waals surface area contributed by atoms with Crippen molar-refractivity contribution in [2.24, 2.45) is 5.73 Å². The molecule has 0 rings (SSSR count). The first-order valence-electron chi connectivity index (χ1n) is 1.40. The highest BCUT2D eigenvalue weighted by Crippen LogP contribution is 2.02. The summed E-state index contributed by atoms with van der Waals surface area (Å²) in [6.45, 7) is 1.88. The minimum absolute atomic E-state index is 0.921. The van der Waals surface area contributed by atoms with Gasteiger partial charge in [-0.25, -0.2) is 0 Å². The van der Waals surface area contributed by atoms with Crippen LogP contribution in [0.4, 0.5) is 0 Å². The minimum atomic E-state index is 0.921. The molecule has 0 fully saturated rings. The van der Waals surface area contributed by atoms with Gasteiger partial charge < -0.3 is 5.73 Å². The van der Waals surface area contributed by atoms with Crippen molar-refractivity contribution in [1.29, 1.82) is 0 Å². The second-order valence-corrected chi connectivity index (χ2v) is 1.87. The van der Waals surface area contributed by atoms with Crippen molar-refractivity contribution in [3.8, 4) is 0 Å². The van der Waals surface area contributed by atoms with Crippen molar-refractivity contribution in [2.75, 3.05) is 6.26 Å². The van der Waals surface area contributed by atoms with Crippen LogP contribution in [0.5, 0.6) is 0 Å². The lowest BCUT2D eigenvalue weighted by Crippen LogP contribution is -1.95. The molecule has 1 radical (unpaired) electrons. The van der Waals surface area contributed by atoms with Crippen molar-refractivity contribution >= 4 is 11.8 Å². The van der Waals surface area contributed by atoms with Gasteiger partial charge >= 0.3 is 0 Å². The largest absolute Gasteiger partial charge is 0.315 e. The second-order valence-electron chi connectivity index (χ2n) is 0.815. The van der Waals surface area contributed by atoms with E-state index < -0.39 is 0 Å². The smallest absolute Gasteiger partial charge is 0.0862 e. The Morgan fingerprint density at radius 2 is 2.00 bits per heavy atom. The van der Waals surface area contributed by atoms with Gasteiger partial charge in [-0.15, -0.1) is 11.8 Å². The maximum Gasteiger partial charge on any atom is 0.0862 e. The molecule has 0 amide bonds. The van der Waals surface area contributed by atoms with Gasteiger partial charge in [0.05, 0.1) is 5.37 Å². The van der Waals surface area contributed by atoms with Crippen LogP contribution in [-0.2, 0) is 0 Å². The van der Waals surface area contributed by atoms with Crippen LogP contribution in [0, 0.1) is 5.37 Å². The third-order valence-corrected chi connectivity index (χ3v) is 0.966. The number of thioether (sulfide) groups is 1. The van der Waals surface area contributed by atoms with Gasteiger partial charge in [-0.2, -0.15) is 0 Å². The van der Waals surface area contributed by atoms with Crippen LogP contribution in [0.15, 0.2) is 0 Å². The zero-order valence-electron chi connectivity index (χ0n) is 3.49. The fourth-order valence-electron chi connectivity index (χ4n) is 0. The summed E-state index contributed by atoms with van der Waals surface area (Å²) in [6.07, 6.45) is 1.95. The molecular weight excluding hydrogens is 82.1 g/mol. The van der Waals surface area contributed by atoms with Crippen LogP contribution >= 0.6 is 11.8 Å². The highest BCUT2D eigenvalue weighted by molar-refractivity contribution is 8.01. The molecule has 0 saturated heterocycles. The Morgan fingerprint density at radius 3 is 2.00 bits per heavy atom. The summed E-state index contributed by atoms with van der Waals surface area (Å²) in [5.41, 5.74) is 5.17. The zero-order chi connectivity index (χ0) is 4.28. The molecule has 0 atom stereocenters. The highest BCUT2D eigenvalue weighted by Gasteiger charge is 1.81. The van der Waals surface area contributed by atoms with Crippen LogP contribution < -0.4 is 5.73 Å². The van der Waals surface area contributed by atoms with E-state index in [1.54, 1.807) is 11.8 Å². The Balaban J connectivity index is 2.54. The summed E-state index contributed by atoms with van der Waals surface area (Å²) in [4.78, 5) is 0. The fourth-order valence-corrected chi connectivity index (χ4v) is 0. The molecule has 1 nitrogen and oxygen atoms in total. The Hall–Kier alpha value is 0.310. The van der Waals surface area contributed by atoms with Crippen LogP contribution in [0.25, 0.3) is 0 Å². The molecule has 0 aliphatic rings. The van der Waals surface area contributed by atoms with E-state index in [4.69, 9.17) is 5.73 Å². The van der Waals surface area contributed by atoms with Gasteiger partial charge in [-0.05, 0) is 13.2 Å². The number of hydrogen-bond acceptors (Lipinski definition) is 2. The SMILES string of the molecule is CS[C](C)N. The summed E-state index contributed by atoms with van der Waals surface area (Å²) in [6, 6.07) is 0. The zero-order valence-corrected chi connectivity index (χ0v) is 4.30. The van der Waals surface area contributed by atoms with E-state index in [1.165, 1.54) is 0 Å². The summed E-state index contributed by atoms with van der Waals surface area (Å²) in [5.74, 6) is 0. The Kier molecular flexibility index (Phi) is 2.70. The van der Waals surface area contributed by atoms with Gasteiger partial charge in [-0.3, -0.25) is 0 Å². The van der Waals surface area contributed by atoms with Crippen molar-refractivity contribution in [3.63, 3.8) is 0 Å². The van der Waals surface area contributed by atoms with E-state index in [-0.39, 0.29) is 0 Å². The highest BCUT2D eigenvalue weighted by atomic mass is 32.2. The van der Waals surface area contributed by atoms with Crippen LogP contribution in [-0.4, -0.2) is 6.26 Å². The quantitative estimate of drug-likeness (QED) is 0.516. The molecule has 0 aromatic carbocycles. The molecule has 0 bridgehead atoms. The van der Waals surface area contributed by atoms with Crippen molar-refractivity contribution in [3.05, 3.63) is 5.37 Å². The molecule has 0 spiro atoms. The summed E-state index contributed by atoms with van der Waals surface area (Å²) < 4.78 is 0. The third kappa shape index (κ3) is 4.31. The van der Waals surface area contributed by atoms with E-state index in [2.05, 4.69) is 0 Å². The molecule has 2 N–H and O–H groups in total. The first-order chi connectivity index (χ1) is 2.27. The van der Waals surface area contributed by atoms with E-state index >= 15 is 0 Å². The monoisotopic (exact) mass is 90.0 g/mol. The van der Waals surface area contributed by atoms with Crippen molar-refractivity contribution < 1.29 is 0 Å². The van der Waals surface area contributed by atoms with Crippen molar-refractivity contribution in [2.45, 2.75) is 6.92 Å². The molecule has 0 heterocycles. The van der Waals surface area contributed by atoms with Gasteiger partial charge in [0.25, 0.3) is 0 Å². The Bertz CT molecular complexity index is 20.9. The number of rotatable bonds is 1. The first kappa shape index (κ1) is 5.31. The number of hydrogen-bond donors (Lipinski definition) is 1. The average Bonchev–Trinajstić information content (AvgIpc) is 1.38. The van der Waals surface area contributed by atoms with Crippen LogP contribution in [0.3, 0.4) is 0 Å². The first-order valence-corrected chi connectivity index (χ1v) is 2.63. The lowest BCUT2D eigenvalue weighted by molar-refractivity contribution is 1.26. The van der Waals surface area contributed by atoms with E-state index in [1.807, 2.05) is 13.2 Å². The number of nitrogens with two attached hydrogens (primary N) is 1. The lowest BCUT2D eigenvalue weighted by atomic mass is 10.8. The molecule has 0 saturated carbocycles. The predicted molar refractivity (Wildman–Crippen MR) is 26.6 cm³/mol. The standard InChI is InChI=1S/C3H8NS/c1-3(4)5-2/h4H2,1-2H3. The van der Waals surface area contributed by atoms with Crippen LogP contribution in [0.2, 0.25) is 0 Å². The normalized spacial score (nSPS) is 9.60. The molecule has 31 valence electrons. The lowest BCUT2D eigenvalue weighted by Gasteiger charge is -1.90. The molecule has 0 aromatic heterocycles. The predicted octanol–water partition coefficient (Wildman–Crippen LogP) is 0.817. The van der Waals surface area contributed by atoms with Crippen molar-refractivity contribution in [1.82, 2.24) is 0 Å². The van der Waals surface area contributed by atoms with Gasteiger partial charge in [-0.1, -0.05) is 0 Å². The van der Waals surface area contributed by atoms with Crippen LogP contribution in [0.1, 0.15) is 6.92 Å². The molecule has 0 aliphatic heterocycles. The summed E-state index contributed by atoms with van der Waals surface area (Å²) >= 11 is 1.57. The minimum Gasteiger partial charge on any atom is -0.315 e. The topological polar surface area (TPSA) is 26.0 Å². The molecule has 2 heteroatoms. The third-order valence-electron chi connectivity index (χ3n) is 0.322.